The monoisotopic (exact) mass is 357 g/mol. The highest BCUT2D eigenvalue weighted by Gasteiger charge is 2.23. The van der Waals surface area contributed by atoms with Crippen LogP contribution >= 0.6 is 11.6 Å². The number of hydrogen-bond donors (Lipinski definition) is 1. The van der Waals surface area contributed by atoms with Gasteiger partial charge in [0.1, 0.15) is 0 Å². The van der Waals surface area contributed by atoms with Gasteiger partial charge in [0.15, 0.2) is 0 Å². The fraction of sp³-hybridized carbons (Fsp3) is 0.350. The Bertz CT molecular complexity index is 742. The number of nitrogens with one attached hydrogen (secondary N) is 1. The molecule has 0 aromatic heterocycles. The zero-order chi connectivity index (χ0) is 18.0. The lowest BCUT2D eigenvalue weighted by Gasteiger charge is -2.37. The zero-order valence-electron chi connectivity index (χ0n) is 15.0. The molecule has 1 aliphatic heterocycles. The Morgan fingerprint density at radius 1 is 0.960 bits per heavy atom. The van der Waals surface area contributed by atoms with Crippen molar-refractivity contribution in [3.8, 4) is 0 Å². The summed E-state index contributed by atoms with van der Waals surface area (Å²) in [5, 5.41) is 3.75. The van der Waals surface area contributed by atoms with Crippen LogP contribution in [0.3, 0.4) is 0 Å². The minimum atomic E-state index is -0.0461. The molecule has 1 N–H and O–H groups in total. The lowest BCUT2D eigenvalue weighted by atomic mass is 10.1. The molecule has 2 aromatic rings. The summed E-state index contributed by atoms with van der Waals surface area (Å²) in [4.78, 5) is 16.6. The predicted molar refractivity (Wildman–Crippen MR) is 105 cm³/mol. The van der Waals surface area contributed by atoms with Crippen molar-refractivity contribution in [2.24, 2.45) is 0 Å². The van der Waals surface area contributed by atoms with Gasteiger partial charge in [-0.05, 0) is 50.1 Å². The number of amides is 2. The van der Waals surface area contributed by atoms with Gasteiger partial charge in [0.2, 0.25) is 0 Å². The number of rotatable bonds is 2. The lowest BCUT2D eigenvalue weighted by molar-refractivity contribution is 0.208. The minimum Gasteiger partial charge on any atom is -0.367 e. The summed E-state index contributed by atoms with van der Waals surface area (Å²) in [6, 6.07) is 12.0. The van der Waals surface area contributed by atoms with Gasteiger partial charge in [0, 0.05) is 31.9 Å². The van der Waals surface area contributed by atoms with Crippen molar-refractivity contribution in [1.82, 2.24) is 4.90 Å². The fourth-order valence-corrected chi connectivity index (χ4v) is 3.72. The third kappa shape index (κ3) is 4.07. The standard InChI is InChI=1S/C20H24ClN3O/c1-14-4-6-17(7-5-14)22-20(25)24-10-8-23(9-11-24)19-16(3)12-15(2)13-18(19)21/h4-7,12-13H,8-11H2,1-3H3,(H,22,25). The first-order valence-corrected chi connectivity index (χ1v) is 8.96. The molecule has 0 atom stereocenters. The smallest absolute Gasteiger partial charge is 0.321 e. The second-order valence-electron chi connectivity index (χ2n) is 6.68. The number of nitrogens with zero attached hydrogens (tertiary/aromatic N) is 2. The summed E-state index contributed by atoms with van der Waals surface area (Å²) < 4.78 is 0. The Morgan fingerprint density at radius 2 is 1.60 bits per heavy atom. The second-order valence-corrected chi connectivity index (χ2v) is 7.09. The number of aryl methyl sites for hydroxylation is 3. The lowest BCUT2D eigenvalue weighted by Crippen LogP contribution is -2.50. The molecule has 2 aromatic carbocycles. The highest BCUT2D eigenvalue weighted by molar-refractivity contribution is 6.33. The normalized spacial score (nSPS) is 14.6. The Labute approximate surface area is 154 Å². The molecule has 1 aliphatic rings. The number of hydrogen-bond acceptors (Lipinski definition) is 2. The Morgan fingerprint density at radius 3 is 2.20 bits per heavy atom. The first kappa shape index (κ1) is 17.6. The first-order valence-electron chi connectivity index (χ1n) is 8.58. The molecule has 0 saturated carbocycles. The SMILES string of the molecule is Cc1ccc(NC(=O)N2CCN(c3c(C)cc(C)cc3Cl)CC2)cc1. The number of carbonyl (C=O) groups is 1. The molecule has 25 heavy (non-hydrogen) atoms. The van der Waals surface area contributed by atoms with Crippen molar-refractivity contribution in [1.29, 1.82) is 0 Å². The quantitative estimate of drug-likeness (QED) is 0.851. The van der Waals surface area contributed by atoms with Crippen molar-refractivity contribution in [3.63, 3.8) is 0 Å². The number of halogens is 1. The van der Waals surface area contributed by atoms with Crippen LogP contribution in [-0.4, -0.2) is 37.1 Å². The van der Waals surface area contributed by atoms with Crippen molar-refractivity contribution >= 4 is 29.0 Å². The van der Waals surface area contributed by atoms with Crippen LogP contribution in [0.1, 0.15) is 16.7 Å². The second kappa shape index (κ2) is 7.36. The van der Waals surface area contributed by atoms with E-state index in [1.165, 1.54) is 16.7 Å². The molecular weight excluding hydrogens is 334 g/mol. The molecule has 3 rings (SSSR count). The fourth-order valence-electron chi connectivity index (χ4n) is 3.28. The van der Waals surface area contributed by atoms with E-state index in [-0.39, 0.29) is 6.03 Å². The van der Waals surface area contributed by atoms with Crippen LogP contribution in [0, 0.1) is 20.8 Å². The van der Waals surface area contributed by atoms with Gasteiger partial charge in [0.05, 0.1) is 10.7 Å². The zero-order valence-corrected chi connectivity index (χ0v) is 15.7. The van der Waals surface area contributed by atoms with E-state index in [0.29, 0.717) is 13.1 Å². The van der Waals surface area contributed by atoms with E-state index >= 15 is 0 Å². The van der Waals surface area contributed by atoms with Crippen molar-refractivity contribution in [2.45, 2.75) is 20.8 Å². The molecule has 0 aliphatic carbocycles. The van der Waals surface area contributed by atoms with Crippen LogP contribution in [0.5, 0.6) is 0 Å². The van der Waals surface area contributed by atoms with Crippen LogP contribution in [0.25, 0.3) is 0 Å². The first-order chi connectivity index (χ1) is 11.9. The van der Waals surface area contributed by atoms with Crippen LogP contribution in [0.4, 0.5) is 16.2 Å². The Kier molecular flexibility index (Phi) is 5.19. The van der Waals surface area contributed by atoms with Gasteiger partial charge >= 0.3 is 6.03 Å². The number of urea groups is 1. The molecule has 0 radical (unpaired) electrons. The third-order valence-electron chi connectivity index (χ3n) is 4.58. The Hall–Kier alpha value is -2.20. The Balaban J connectivity index is 1.62. The van der Waals surface area contributed by atoms with Crippen molar-refractivity contribution in [2.75, 3.05) is 36.4 Å². The number of carbonyl (C=O) groups excluding carboxylic acids is 1. The molecule has 0 unspecified atom stereocenters. The highest BCUT2D eigenvalue weighted by Crippen LogP contribution is 2.31. The van der Waals surface area contributed by atoms with Gasteiger partial charge in [-0.3, -0.25) is 0 Å². The molecule has 1 fully saturated rings. The van der Waals surface area contributed by atoms with Gasteiger partial charge in [-0.2, -0.15) is 0 Å². The van der Waals surface area contributed by atoms with Crippen LogP contribution in [0.2, 0.25) is 5.02 Å². The van der Waals surface area contributed by atoms with E-state index in [4.69, 9.17) is 11.6 Å². The molecule has 4 nitrogen and oxygen atoms in total. The van der Waals surface area contributed by atoms with Crippen LogP contribution in [-0.2, 0) is 0 Å². The highest BCUT2D eigenvalue weighted by atomic mass is 35.5. The molecule has 0 spiro atoms. The number of anilines is 2. The summed E-state index contributed by atoms with van der Waals surface area (Å²) in [6.45, 7) is 9.10. The average molecular weight is 358 g/mol. The molecular formula is C20H24ClN3O. The van der Waals surface area contributed by atoms with E-state index in [2.05, 4.69) is 30.1 Å². The van der Waals surface area contributed by atoms with Crippen molar-refractivity contribution < 1.29 is 4.79 Å². The molecule has 5 heteroatoms. The van der Waals surface area contributed by atoms with Gasteiger partial charge in [0.25, 0.3) is 0 Å². The number of piperazine rings is 1. The molecule has 1 heterocycles. The summed E-state index contributed by atoms with van der Waals surface area (Å²) in [5.41, 5.74) is 5.45. The predicted octanol–water partition coefficient (Wildman–Crippen LogP) is 4.62. The van der Waals surface area contributed by atoms with Gasteiger partial charge < -0.3 is 15.1 Å². The summed E-state index contributed by atoms with van der Waals surface area (Å²) in [6.07, 6.45) is 0. The maximum absolute atomic E-state index is 12.4. The van der Waals surface area contributed by atoms with Crippen LogP contribution in [0.15, 0.2) is 36.4 Å². The molecule has 2 amide bonds. The molecule has 132 valence electrons. The maximum Gasteiger partial charge on any atom is 0.321 e. The van der Waals surface area contributed by atoms with E-state index in [1.807, 2.05) is 42.2 Å². The van der Waals surface area contributed by atoms with Crippen LogP contribution < -0.4 is 10.2 Å². The maximum atomic E-state index is 12.4. The summed E-state index contributed by atoms with van der Waals surface area (Å²) in [7, 11) is 0. The van der Waals surface area contributed by atoms with Gasteiger partial charge in [-0.1, -0.05) is 35.4 Å². The van der Waals surface area contributed by atoms with Crippen molar-refractivity contribution in [3.05, 3.63) is 58.1 Å². The third-order valence-corrected chi connectivity index (χ3v) is 4.87. The van der Waals surface area contributed by atoms with E-state index in [0.717, 1.165) is 29.5 Å². The summed E-state index contributed by atoms with van der Waals surface area (Å²) >= 11 is 6.45. The summed E-state index contributed by atoms with van der Waals surface area (Å²) in [5.74, 6) is 0. The van der Waals surface area contributed by atoms with E-state index in [1.54, 1.807) is 0 Å². The largest absolute Gasteiger partial charge is 0.367 e. The average Bonchev–Trinajstić information content (AvgIpc) is 2.56. The molecule has 0 bridgehead atoms. The van der Waals surface area contributed by atoms with E-state index < -0.39 is 0 Å². The van der Waals surface area contributed by atoms with E-state index in [9.17, 15) is 4.79 Å². The van der Waals surface area contributed by atoms with Gasteiger partial charge in [-0.25, -0.2) is 4.79 Å². The topological polar surface area (TPSA) is 35.6 Å². The molecule has 1 saturated heterocycles. The van der Waals surface area contributed by atoms with Gasteiger partial charge in [-0.15, -0.1) is 0 Å². The minimum absolute atomic E-state index is 0.0461. The number of benzene rings is 2.